The Morgan fingerprint density at radius 2 is 2.12 bits per heavy atom. The molecule has 4 rings (SSSR count). The van der Waals surface area contributed by atoms with E-state index in [1.807, 2.05) is 0 Å². The molecular weight excluding hydrogens is 322 g/mol. The molecule has 1 aromatic carbocycles. The van der Waals surface area contributed by atoms with E-state index < -0.39 is 0 Å². The molecule has 5 atom stereocenters. The molecule has 2 saturated carbocycles. The largest absolute Gasteiger partial charge is 0.508 e. The Bertz CT molecular complexity index is 718. The fraction of sp³-hybridized carbons (Fsp3) is 0.444. The van der Waals surface area contributed by atoms with E-state index in [1.165, 1.54) is 43.7 Å². The summed E-state index contributed by atoms with van der Waals surface area (Å²) in [6, 6.07) is 4.71. The average Bonchev–Trinajstić information content (AvgIpc) is 3.23. The van der Waals surface area contributed by atoms with E-state index >= 15 is 0 Å². The summed E-state index contributed by atoms with van der Waals surface area (Å²) < 4.78 is 0. The maximum absolute atomic E-state index is 9.70. The molecule has 0 saturated heterocycles. The maximum Gasteiger partial charge on any atom is 0.187 e. The van der Waals surface area contributed by atoms with Gasteiger partial charge in [-0.2, -0.15) is 5.10 Å². The van der Waals surface area contributed by atoms with Gasteiger partial charge in [-0.05, 0) is 73.4 Å². The van der Waals surface area contributed by atoms with Crippen LogP contribution in [0.5, 0.6) is 11.5 Å². The molecule has 5 nitrogen and oxygen atoms in total. The molecule has 3 aliphatic rings. The molecule has 0 spiro atoms. The van der Waals surface area contributed by atoms with E-state index in [-0.39, 0.29) is 11.5 Å². The Labute approximate surface area is 146 Å². The number of fused-ring (bicyclic) bond motifs is 5. The van der Waals surface area contributed by atoms with Crippen molar-refractivity contribution in [2.75, 3.05) is 0 Å². The molecule has 6 heteroatoms. The number of phenolic OH excluding ortho intramolecular Hbond substituents is 2. The number of aromatic hydroxyl groups is 2. The number of nitrogens with zero attached hydrogens (tertiary/aromatic N) is 1. The van der Waals surface area contributed by atoms with Gasteiger partial charge in [-0.15, -0.1) is 0 Å². The van der Waals surface area contributed by atoms with Crippen LogP contribution in [0.2, 0.25) is 0 Å². The summed E-state index contributed by atoms with van der Waals surface area (Å²) in [5, 5.41) is 27.1. The number of allylic oxidation sites excluding steroid dienone is 2. The molecule has 0 aliphatic heterocycles. The number of benzene rings is 1. The van der Waals surface area contributed by atoms with Gasteiger partial charge in [0.15, 0.2) is 5.11 Å². The SMILES string of the molecule is Oc1ccc(O)c(/C=N/NC(=S)N[C@H]2C[C@@H]3C[C@@H]2[C@H]2C=CC[C@H]32)c1. The molecule has 0 heterocycles. The highest BCUT2D eigenvalue weighted by atomic mass is 32.1. The number of hydrogen-bond acceptors (Lipinski definition) is 4. The lowest BCUT2D eigenvalue weighted by Gasteiger charge is -2.32. The summed E-state index contributed by atoms with van der Waals surface area (Å²) in [5.74, 6) is 3.22. The third kappa shape index (κ3) is 2.75. The van der Waals surface area contributed by atoms with Crippen molar-refractivity contribution in [3.05, 3.63) is 35.9 Å². The molecule has 0 radical (unpaired) electrons. The third-order valence-corrected chi connectivity index (χ3v) is 5.92. The van der Waals surface area contributed by atoms with Crippen LogP contribution < -0.4 is 10.7 Å². The minimum absolute atomic E-state index is 0.0596. The number of thiocarbonyl (C=S) groups is 1. The van der Waals surface area contributed by atoms with E-state index in [0.717, 1.165) is 17.8 Å². The lowest BCUT2D eigenvalue weighted by molar-refractivity contribution is 0.246. The second-order valence-corrected chi connectivity index (χ2v) is 7.40. The molecular formula is C18H21N3O2S. The topological polar surface area (TPSA) is 76.9 Å². The smallest absolute Gasteiger partial charge is 0.187 e. The van der Waals surface area contributed by atoms with Gasteiger partial charge < -0.3 is 15.5 Å². The van der Waals surface area contributed by atoms with E-state index in [4.69, 9.17) is 12.2 Å². The van der Waals surface area contributed by atoms with Crippen molar-refractivity contribution in [1.82, 2.24) is 10.7 Å². The normalized spacial score (nSPS) is 33.1. The molecule has 0 unspecified atom stereocenters. The van der Waals surface area contributed by atoms with E-state index in [2.05, 4.69) is 28.0 Å². The minimum Gasteiger partial charge on any atom is -0.508 e. The number of nitrogens with one attached hydrogen (secondary N) is 2. The van der Waals surface area contributed by atoms with Gasteiger partial charge in [-0.25, -0.2) is 0 Å². The van der Waals surface area contributed by atoms with Crippen LogP contribution >= 0.6 is 12.2 Å². The zero-order valence-electron chi connectivity index (χ0n) is 13.2. The number of hydrazone groups is 1. The molecule has 3 aliphatic carbocycles. The van der Waals surface area contributed by atoms with Crippen molar-refractivity contribution in [3.8, 4) is 11.5 Å². The summed E-state index contributed by atoms with van der Waals surface area (Å²) in [6.07, 6.45) is 9.91. The molecule has 24 heavy (non-hydrogen) atoms. The molecule has 1 aromatic rings. The van der Waals surface area contributed by atoms with Crippen LogP contribution in [0.4, 0.5) is 0 Å². The summed E-state index contributed by atoms with van der Waals surface area (Å²) in [4.78, 5) is 0. The second kappa shape index (κ2) is 6.09. The Hall–Kier alpha value is -2.08. The summed E-state index contributed by atoms with van der Waals surface area (Å²) in [5.41, 5.74) is 3.24. The molecule has 2 fully saturated rings. The van der Waals surface area contributed by atoms with Crippen molar-refractivity contribution in [2.45, 2.75) is 25.3 Å². The van der Waals surface area contributed by atoms with Crippen molar-refractivity contribution < 1.29 is 10.2 Å². The summed E-state index contributed by atoms with van der Waals surface area (Å²) in [7, 11) is 0. The van der Waals surface area contributed by atoms with Crippen LogP contribution in [-0.4, -0.2) is 27.6 Å². The Balaban J connectivity index is 1.32. The monoisotopic (exact) mass is 343 g/mol. The summed E-state index contributed by atoms with van der Waals surface area (Å²) >= 11 is 5.33. The number of phenols is 2. The van der Waals surface area contributed by atoms with E-state index in [0.29, 0.717) is 22.6 Å². The van der Waals surface area contributed by atoms with Gasteiger partial charge in [0.2, 0.25) is 0 Å². The van der Waals surface area contributed by atoms with Crippen LogP contribution in [0, 0.1) is 23.7 Å². The van der Waals surface area contributed by atoms with Crippen LogP contribution in [0.15, 0.2) is 35.5 Å². The highest BCUT2D eigenvalue weighted by Crippen LogP contribution is 2.56. The zero-order chi connectivity index (χ0) is 16.7. The van der Waals surface area contributed by atoms with Crippen LogP contribution in [0.25, 0.3) is 0 Å². The molecule has 4 N–H and O–H groups in total. The second-order valence-electron chi connectivity index (χ2n) is 6.99. The highest BCUT2D eigenvalue weighted by Gasteiger charge is 2.52. The molecule has 2 bridgehead atoms. The summed E-state index contributed by atoms with van der Waals surface area (Å²) in [6.45, 7) is 0. The number of rotatable bonds is 3. The van der Waals surface area contributed by atoms with Crippen molar-refractivity contribution in [1.29, 1.82) is 0 Å². The third-order valence-electron chi connectivity index (χ3n) is 5.71. The van der Waals surface area contributed by atoms with Gasteiger partial charge in [0.25, 0.3) is 0 Å². The Morgan fingerprint density at radius 3 is 3.00 bits per heavy atom. The van der Waals surface area contributed by atoms with Gasteiger partial charge in [0.05, 0.1) is 6.21 Å². The van der Waals surface area contributed by atoms with Gasteiger partial charge >= 0.3 is 0 Å². The van der Waals surface area contributed by atoms with E-state index in [1.54, 1.807) is 0 Å². The predicted molar refractivity (Wildman–Crippen MR) is 97.0 cm³/mol. The Morgan fingerprint density at radius 1 is 1.25 bits per heavy atom. The van der Waals surface area contributed by atoms with Gasteiger partial charge in [-0.3, -0.25) is 5.43 Å². The first-order valence-electron chi connectivity index (χ1n) is 8.40. The van der Waals surface area contributed by atoms with Crippen LogP contribution in [0.1, 0.15) is 24.8 Å². The van der Waals surface area contributed by atoms with Gasteiger partial charge in [-0.1, -0.05) is 12.2 Å². The van der Waals surface area contributed by atoms with E-state index in [9.17, 15) is 10.2 Å². The van der Waals surface area contributed by atoms with Crippen molar-refractivity contribution >= 4 is 23.5 Å². The van der Waals surface area contributed by atoms with Crippen LogP contribution in [0.3, 0.4) is 0 Å². The number of hydrogen-bond donors (Lipinski definition) is 4. The molecule has 0 aromatic heterocycles. The van der Waals surface area contributed by atoms with Crippen LogP contribution in [-0.2, 0) is 0 Å². The van der Waals surface area contributed by atoms with Gasteiger partial charge in [0.1, 0.15) is 11.5 Å². The lowest BCUT2D eigenvalue weighted by atomic mass is 9.79. The lowest BCUT2D eigenvalue weighted by Crippen LogP contribution is -2.45. The molecule has 126 valence electrons. The first kappa shape index (κ1) is 15.4. The highest BCUT2D eigenvalue weighted by molar-refractivity contribution is 7.80. The molecule has 0 amide bonds. The first-order valence-corrected chi connectivity index (χ1v) is 8.81. The standard InChI is InChI=1S/C18H21N3O2S/c22-12-4-5-17(23)11(6-12)9-19-21-18(24)20-16-8-10-7-15(16)14-3-1-2-13(10)14/h1,3-6,9-10,13-16,22-23H,2,7-8H2,(H2,20,21,24)/b19-9+/t10-,13+,14-,15+,16-/m0/s1. The fourth-order valence-corrected chi connectivity index (χ4v) is 4.92. The van der Waals surface area contributed by atoms with Crippen molar-refractivity contribution in [2.24, 2.45) is 28.8 Å². The quantitative estimate of drug-likeness (QED) is 0.223. The van der Waals surface area contributed by atoms with Gasteiger partial charge in [0, 0.05) is 11.6 Å². The predicted octanol–water partition coefficient (Wildman–Crippen LogP) is 2.50. The first-order chi connectivity index (χ1) is 11.6. The maximum atomic E-state index is 9.70. The average molecular weight is 343 g/mol. The zero-order valence-corrected chi connectivity index (χ0v) is 14.0. The van der Waals surface area contributed by atoms with Crippen molar-refractivity contribution in [3.63, 3.8) is 0 Å². The fourth-order valence-electron chi connectivity index (χ4n) is 4.72. The Kier molecular flexibility index (Phi) is 3.92. The minimum atomic E-state index is 0.0596.